The molecule has 0 aromatic heterocycles. The van der Waals surface area contributed by atoms with Crippen molar-refractivity contribution in [3.8, 4) is 0 Å². The van der Waals surface area contributed by atoms with Gasteiger partial charge in [0, 0.05) is 11.5 Å². The number of benzene rings is 2. The van der Waals surface area contributed by atoms with Crippen LogP contribution in [0.2, 0.25) is 0 Å². The lowest BCUT2D eigenvalue weighted by atomic mass is 9.92. The molecule has 2 aromatic carbocycles. The first-order valence-electron chi connectivity index (χ1n) is 12.5. The number of hydrogen-bond acceptors (Lipinski definition) is 6. The van der Waals surface area contributed by atoms with Crippen LogP contribution in [-0.2, 0) is 20.6 Å². The van der Waals surface area contributed by atoms with Crippen molar-refractivity contribution in [2.75, 3.05) is 24.7 Å². The van der Waals surface area contributed by atoms with Gasteiger partial charge in [-0.05, 0) is 75.9 Å². The fourth-order valence-electron chi connectivity index (χ4n) is 3.53. The zero-order valence-electron chi connectivity index (χ0n) is 23.3. The van der Waals surface area contributed by atoms with Crippen molar-refractivity contribution in [2.45, 2.75) is 52.6 Å². The first kappa shape index (κ1) is 31.4. The molecule has 0 spiro atoms. The van der Waals surface area contributed by atoms with E-state index in [9.17, 15) is 9.59 Å². The van der Waals surface area contributed by atoms with Crippen molar-refractivity contribution in [2.24, 2.45) is 0 Å². The van der Waals surface area contributed by atoms with Crippen molar-refractivity contribution >= 4 is 44.9 Å². The lowest BCUT2D eigenvalue weighted by Gasteiger charge is -2.27. The highest BCUT2D eigenvalue weighted by Gasteiger charge is 2.25. The van der Waals surface area contributed by atoms with Crippen molar-refractivity contribution in [1.29, 1.82) is 0 Å². The van der Waals surface area contributed by atoms with Crippen LogP contribution in [0.5, 0.6) is 0 Å². The Morgan fingerprint density at radius 3 is 1.45 bits per heavy atom. The molecule has 0 radical (unpaired) electrons. The second kappa shape index (κ2) is 14.4. The molecule has 2 rings (SSSR count). The Bertz CT molecular complexity index is 1060. The summed E-state index contributed by atoms with van der Waals surface area (Å²) in [6.45, 7) is 20.2. The summed E-state index contributed by atoms with van der Waals surface area (Å²) in [6.07, 6.45) is -0.921. The van der Waals surface area contributed by atoms with E-state index >= 15 is 0 Å². The Morgan fingerprint density at radius 1 is 0.737 bits per heavy atom. The molecule has 0 aliphatic rings. The average Bonchev–Trinajstić information content (AvgIpc) is 2.85. The molecule has 206 valence electrons. The standard InChI is InChI=1S/C30H40N2O4S2/c1-21(2)23-11-9-13-25(19-23)29(5,6)31-27(33)35-15-17-37-38-18-16-36-28(34)32-30(7,8)26-14-10-12-24(20-26)22(3)4/h9-14,19-20H,1,3,15-18H2,2,4-8H3,(H,31,33)(H,32,34). The van der Waals surface area contributed by atoms with E-state index < -0.39 is 23.3 Å². The Balaban J connectivity index is 1.63. The molecule has 0 aliphatic carbocycles. The molecule has 0 aliphatic heterocycles. The Morgan fingerprint density at radius 2 is 1.11 bits per heavy atom. The number of alkyl carbamates (subject to hydrolysis) is 2. The second-order valence-electron chi connectivity index (χ2n) is 10.1. The summed E-state index contributed by atoms with van der Waals surface area (Å²) in [5.41, 5.74) is 4.82. The molecule has 0 fully saturated rings. The van der Waals surface area contributed by atoms with Crippen molar-refractivity contribution in [3.63, 3.8) is 0 Å². The van der Waals surface area contributed by atoms with Gasteiger partial charge in [-0.1, -0.05) is 82.3 Å². The molecule has 6 nitrogen and oxygen atoms in total. The molecule has 0 unspecified atom stereocenters. The summed E-state index contributed by atoms with van der Waals surface area (Å²) in [5, 5.41) is 5.85. The molecular weight excluding hydrogens is 516 g/mol. The van der Waals surface area contributed by atoms with Gasteiger partial charge in [-0.15, -0.1) is 0 Å². The number of carbonyl (C=O) groups excluding carboxylic acids is 2. The maximum atomic E-state index is 12.3. The molecule has 2 aromatic rings. The summed E-state index contributed by atoms with van der Waals surface area (Å²) in [7, 11) is 3.13. The molecule has 8 heteroatoms. The normalized spacial score (nSPS) is 11.4. The average molecular weight is 557 g/mol. The topological polar surface area (TPSA) is 76.7 Å². The van der Waals surface area contributed by atoms with E-state index in [4.69, 9.17) is 9.47 Å². The van der Waals surface area contributed by atoms with Crippen LogP contribution in [-0.4, -0.2) is 36.9 Å². The van der Waals surface area contributed by atoms with Gasteiger partial charge in [0.05, 0.1) is 11.1 Å². The van der Waals surface area contributed by atoms with Gasteiger partial charge < -0.3 is 20.1 Å². The number of hydrogen-bond donors (Lipinski definition) is 2. The van der Waals surface area contributed by atoms with E-state index in [1.807, 2.05) is 90.1 Å². The molecule has 2 amide bonds. The number of rotatable bonds is 13. The maximum absolute atomic E-state index is 12.3. The van der Waals surface area contributed by atoms with Gasteiger partial charge in [-0.2, -0.15) is 0 Å². The van der Waals surface area contributed by atoms with Gasteiger partial charge in [0.2, 0.25) is 0 Å². The number of amides is 2. The lowest BCUT2D eigenvalue weighted by molar-refractivity contribution is 0.141. The van der Waals surface area contributed by atoms with Gasteiger partial charge in [-0.3, -0.25) is 0 Å². The second-order valence-corrected chi connectivity index (χ2v) is 12.8. The summed E-state index contributed by atoms with van der Waals surface area (Å²) in [4.78, 5) is 24.6. The zero-order chi connectivity index (χ0) is 28.3. The summed E-state index contributed by atoms with van der Waals surface area (Å²) >= 11 is 0. The fraction of sp³-hybridized carbons (Fsp3) is 0.400. The smallest absolute Gasteiger partial charge is 0.407 e. The quantitative estimate of drug-likeness (QED) is 0.194. The summed E-state index contributed by atoms with van der Waals surface area (Å²) in [6, 6.07) is 15.9. The van der Waals surface area contributed by atoms with E-state index in [2.05, 4.69) is 23.8 Å². The van der Waals surface area contributed by atoms with Gasteiger partial charge in [0.15, 0.2) is 0 Å². The highest BCUT2D eigenvalue weighted by molar-refractivity contribution is 8.76. The third-order valence-electron chi connectivity index (χ3n) is 5.87. The molecule has 0 heterocycles. The summed E-state index contributed by atoms with van der Waals surface area (Å²) in [5.74, 6) is 1.25. The van der Waals surface area contributed by atoms with Crippen LogP contribution in [0, 0.1) is 0 Å². The molecule has 2 N–H and O–H groups in total. The van der Waals surface area contributed by atoms with Crippen molar-refractivity contribution in [1.82, 2.24) is 10.6 Å². The minimum atomic E-state index is -0.579. The maximum Gasteiger partial charge on any atom is 0.407 e. The fourth-order valence-corrected chi connectivity index (χ4v) is 5.18. The van der Waals surface area contributed by atoms with Gasteiger partial charge in [0.1, 0.15) is 13.2 Å². The molecule has 0 atom stereocenters. The van der Waals surface area contributed by atoms with Crippen LogP contribution in [0.15, 0.2) is 61.7 Å². The monoisotopic (exact) mass is 556 g/mol. The van der Waals surface area contributed by atoms with Crippen LogP contribution in [0.4, 0.5) is 9.59 Å². The predicted molar refractivity (Wildman–Crippen MR) is 162 cm³/mol. The van der Waals surface area contributed by atoms with Crippen LogP contribution in [0.25, 0.3) is 11.1 Å². The first-order chi connectivity index (χ1) is 17.8. The van der Waals surface area contributed by atoms with E-state index in [0.29, 0.717) is 11.5 Å². The minimum Gasteiger partial charge on any atom is -0.449 e. The van der Waals surface area contributed by atoms with Gasteiger partial charge in [0.25, 0.3) is 0 Å². The summed E-state index contributed by atoms with van der Waals surface area (Å²) < 4.78 is 10.7. The number of allylic oxidation sites excluding steroid dienone is 2. The van der Waals surface area contributed by atoms with Crippen LogP contribution in [0.1, 0.15) is 63.8 Å². The highest BCUT2D eigenvalue weighted by atomic mass is 33.1. The number of carbonyl (C=O) groups is 2. The zero-order valence-corrected chi connectivity index (χ0v) is 24.9. The Labute approximate surface area is 235 Å². The lowest BCUT2D eigenvalue weighted by Crippen LogP contribution is -2.41. The minimum absolute atomic E-state index is 0.282. The molecule has 38 heavy (non-hydrogen) atoms. The Hall–Kier alpha value is -2.84. The number of nitrogens with one attached hydrogen (secondary N) is 2. The number of ether oxygens (including phenoxy) is 2. The van der Waals surface area contributed by atoms with Crippen molar-refractivity contribution in [3.05, 3.63) is 83.9 Å². The Kier molecular flexibility index (Phi) is 11.9. The molecule has 0 bridgehead atoms. The third kappa shape index (κ3) is 10.1. The highest BCUT2D eigenvalue weighted by Crippen LogP contribution is 2.25. The van der Waals surface area contributed by atoms with Crippen LogP contribution < -0.4 is 10.6 Å². The third-order valence-corrected chi connectivity index (χ3v) is 8.20. The van der Waals surface area contributed by atoms with Gasteiger partial charge >= 0.3 is 12.2 Å². The molecular formula is C30H40N2O4S2. The van der Waals surface area contributed by atoms with Crippen LogP contribution >= 0.6 is 21.6 Å². The van der Waals surface area contributed by atoms with E-state index in [1.54, 1.807) is 21.6 Å². The SMILES string of the molecule is C=C(C)c1cccc(C(C)(C)NC(=O)OCCSSCCOC(=O)NC(C)(C)c2cccc(C(=C)C)c2)c1. The van der Waals surface area contributed by atoms with E-state index in [1.165, 1.54) is 0 Å². The predicted octanol–water partition coefficient (Wildman–Crippen LogP) is 7.76. The van der Waals surface area contributed by atoms with Crippen LogP contribution in [0.3, 0.4) is 0 Å². The molecule has 0 saturated carbocycles. The largest absolute Gasteiger partial charge is 0.449 e. The van der Waals surface area contributed by atoms with Crippen molar-refractivity contribution < 1.29 is 19.1 Å². The van der Waals surface area contributed by atoms with Gasteiger partial charge in [-0.25, -0.2) is 9.59 Å². The van der Waals surface area contributed by atoms with E-state index in [0.717, 1.165) is 33.4 Å². The first-order valence-corrected chi connectivity index (χ1v) is 15.0. The molecule has 0 saturated heterocycles. The van der Waals surface area contributed by atoms with E-state index in [-0.39, 0.29) is 13.2 Å².